The summed E-state index contributed by atoms with van der Waals surface area (Å²) in [5, 5.41) is 24.2. The van der Waals surface area contributed by atoms with Gasteiger partial charge in [0.15, 0.2) is 0 Å². The molecule has 1 saturated heterocycles. The highest BCUT2D eigenvalue weighted by molar-refractivity contribution is 6.30. The summed E-state index contributed by atoms with van der Waals surface area (Å²) in [5.41, 5.74) is 3.16. The normalized spacial score (nSPS) is 14.7. The Kier molecular flexibility index (Phi) is 7.73. The average molecular weight is 524 g/mol. The van der Waals surface area contributed by atoms with E-state index in [2.05, 4.69) is 16.3 Å². The van der Waals surface area contributed by atoms with Gasteiger partial charge in [-0.15, -0.1) is 0 Å². The van der Waals surface area contributed by atoms with Crippen molar-refractivity contribution < 1.29 is 19.7 Å². The molecular formula is C28H30ClN3O5. The number of halogens is 1. The largest absolute Gasteiger partial charge is 0.396 e. The maximum Gasteiger partial charge on any atom is 0.257 e. The van der Waals surface area contributed by atoms with Crippen LogP contribution in [-0.2, 0) is 24.2 Å². The van der Waals surface area contributed by atoms with Crippen LogP contribution in [0.1, 0.15) is 27.2 Å². The summed E-state index contributed by atoms with van der Waals surface area (Å²) < 4.78 is 7.32. The number of benzene rings is 2. The number of carbonyl (C=O) groups excluding carboxylic acids is 1. The number of pyridine rings is 1. The van der Waals surface area contributed by atoms with E-state index in [1.54, 1.807) is 18.3 Å². The van der Waals surface area contributed by atoms with Gasteiger partial charge in [-0.2, -0.15) is 0 Å². The summed E-state index contributed by atoms with van der Waals surface area (Å²) >= 11 is 5.95. The Morgan fingerprint density at radius 1 is 1.05 bits per heavy atom. The third kappa shape index (κ3) is 5.49. The number of aliphatic hydroxyl groups excluding tert-OH is 2. The van der Waals surface area contributed by atoms with Crippen LogP contribution in [0.25, 0.3) is 16.3 Å². The number of carbonyl (C=O) groups is 1. The lowest BCUT2D eigenvalue weighted by Crippen LogP contribution is -2.35. The molecule has 1 fully saturated rings. The number of aliphatic hydroxyl groups is 2. The van der Waals surface area contributed by atoms with Crippen LogP contribution in [0.3, 0.4) is 0 Å². The Hall–Kier alpha value is -3.01. The fourth-order valence-corrected chi connectivity index (χ4v) is 5.06. The third-order valence-corrected chi connectivity index (χ3v) is 7.21. The van der Waals surface area contributed by atoms with Crippen molar-refractivity contribution in [3.63, 3.8) is 0 Å². The number of hydrogen-bond donors (Lipinski definition) is 3. The van der Waals surface area contributed by atoms with Gasteiger partial charge in [0, 0.05) is 73.0 Å². The molecule has 1 amide bonds. The first-order valence-electron chi connectivity index (χ1n) is 12.4. The van der Waals surface area contributed by atoms with Crippen LogP contribution in [-0.4, -0.2) is 64.9 Å². The lowest BCUT2D eigenvalue weighted by molar-refractivity contribution is 0.0342. The first kappa shape index (κ1) is 25.6. The van der Waals surface area contributed by atoms with Crippen LogP contribution in [0.2, 0.25) is 5.02 Å². The topological polar surface area (TPSA) is 104 Å². The van der Waals surface area contributed by atoms with E-state index in [-0.39, 0.29) is 36.7 Å². The van der Waals surface area contributed by atoms with E-state index in [1.807, 2.05) is 28.7 Å². The fourth-order valence-electron chi connectivity index (χ4n) is 4.93. The maximum atomic E-state index is 13.6. The number of ether oxygens (including phenoxy) is 1. The quantitative estimate of drug-likeness (QED) is 0.311. The zero-order chi connectivity index (χ0) is 25.9. The van der Waals surface area contributed by atoms with E-state index < -0.39 is 5.91 Å². The van der Waals surface area contributed by atoms with E-state index in [0.29, 0.717) is 36.6 Å². The summed E-state index contributed by atoms with van der Waals surface area (Å²) in [6.45, 7) is 3.61. The summed E-state index contributed by atoms with van der Waals surface area (Å²) in [4.78, 5) is 29.1. The monoisotopic (exact) mass is 523 g/mol. The van der Waals surface area contributed by atoms with E-state index in [9.17, 15) is 19.8 Å². The average Bonchev–Trinajstić information content (AvgIpc) is 3.26. The van der Waals surface area contributed by atoms with Crippen molar-refractivity contribution in [2.45, 2.75) is 19.5 Å². The van der Waals surface area contributed by atoms with Gasteiger partial charge in [-0.3, -0.25) is 14.5 Å². The van der Waals surface area contributed by atoms with Crippen molar-refractivity contribution in [1.29, 1.82) is 0 Å². The fraction of sp³-hybridized carbons (Fsp3) is 0.357. The molecule has 3 N–H and O–H groups in total. The molecule has 2 aromatic heterocycles. The number of nitrogens with zero attached hydrogens (tertiary/aromatic N) is 2. The van der Waals surface area contributed by atoms with Crippen molar-refractivity contribution in [3.05, 3.63) is 86.3 Å². The zero-order valence-corrected chi connectivity index (χ0v) is 21.2. The summed E-state index contributed by atoms with van der Waals surface area (Å²) in [6, 6.07) is 13.1. The second kappa shape index (κ2) is 11.2. The molecule has 194 valence electrons. The molecule has 3 heterocycles. The Bertz CT molecular complexity index is 1440. The minimum absolute atomic E-state index is 0.0493. The van der Waals surface area contributed by atoms with Crippen molar-refractivity contribution in [3.8, 4) is 0 Å². The Balaban J connectivity index is 1.55. The number of amides is 1. The van der Waals surface area contributed by atoms with Crippen LogP contribution in [0.5, 0.6) is 0 Å². The highest BCUT2D eigenvalue weighted by atomic mass is 35.5. The molecule has 0 spiro atoms. The van der Waals surface area contributed by atoms with Crippen LogP contribution in [0.15, 0.2) is 53.5 Å². The van der Waals surface area contributed by atoms with Crippen LogP contribution >= 0.6 is 11.6 Å². The van der Waals surface area contributed by atoms with Gasteiger partial charge in [0.1, 0.15) is 5.56 Å². The number of morpholine rings is 1. The minimum atomic E-state index is -0.460. The molecule has 9 heteroatoms. The molecule has 0 unspecified atom stereocenters. The first-order valence-corrected chi connectivity index (χ1v) is 12.8. The number of rotatable bonds is 9. The number of aromatic nitrogens is 1. The zero-order valence-electron chi connectivity index (χ0n) is 20.5. The molecule has 2 aromatic carbocycles. The molecule has 0 radical (unpaired) electrons. The standard InChI is InChI=1S/C28H30ClN3O5/c29-22-3-1-18(2-4-22)13-30-28(36)25-15-32-23(10-20(16-33)17-34)12-21-9-19(11-24(26(21)32)27(25)35)14-31-5-7-37-8-6-31/h1-4,9,11-12,15,20,33-34H,5-8,10,13-14,16-17H2,(H,30,36). The Morgan fingerprint density at radius 2 is 1.78 bits per heavy atom. The number of nitrogens with one attached hydrogen (secondary N) is 1. The van der Waals surface area contributed by atoms with Gasteiger partial charge >= 0.3 is 0 Å². The second-order valence-electron chi connectivity index (χ2n) is 9.59. The van der Waals surface area contributed by atoms with Crippen molar-refractivity contribution in [2.75, 3.05) is 39.5 Å². The van der Waals surface area contributed by atoms with Crippen molar-refractivity contribution >= 4 is 33.8 Å². The van der Waals surface area contributed by atoms with Crippen LogP contribution in [0, 0.1) is 5.92 Å². The summed E-state index contributed by atoms with van der Waals surface area (Å²) in [5.74, 6) is -0.803. The molecule has 0 aliphatic carbocycles. The summed E-state index contributed by atoms with van der Waals surface area (Å²) in [6.07, 6.45) is 1.99. The molecule has 8 nitrogen and oxygen atoms in total. The van der Waals surface area contributed by atoms with Gasteiger partial charge in [-0.05, 0) is 47.9 Å². The van der Waals surface area contributed by atoms with E-state index in [0.717, 1.165) is 40.8 Å². The minimum Gasteiger partial charge on any atom is -0.396 e. The van der Waals surface area contributed by atoms with E-state index in [1.165, 1.54) is 0 Å². The molecule has 4 aromatic rings. The highest BCUT2D eigenvalue weighted by Gasteiger charge is 2.21. The molecule has 1 aliphatic heterocycles. The van der Waals surface area contributed by atoms with Gasteiger partial charge in [-0.25, -0.2) is 0 Å². The predicted molar refractivity (Wildman–Crippen MR) is 142 cm³/mol. The third-order valence-electron chi connectivity index (χ3n) is 6.95. The van der Waals surface area contributed by atoms with Crippen LogP contribution in [0.4, 0.5) is 0 Å². The molecule has 0 bridgehead atoms. The first-order chi connectivity index (χ1) is 18.0. The summed E-state index contributed by atoms with van der Waals surface area (Å²) in [7, 11) is 0. The maximum absolute atomic E-state index is 13.6. The molecule has 5 rings (SSSR count). The van der Waals surface area contributed by atoms with Crippen LogP contribution < -0.4 is 10.7 Å². The van der Waals surface area contributed by atoms with Gasteiger partial charge < -0.3 is 24.7 Å². The molecule has 0 atom stereocenters. The lowest BCUT2D eigenvalue weighted by Gasteiger charge is -2.26. The Morgan fingerprint density at radius 3 is 2.49 bits per heavy atom. The van der Waals surface area contributed by atoms with E-state index >= 15 is 0 Å². The van der Waals surface area contributed by atoms with Crippen molar-refractivity contribution in [1.82, 2.24) is 14.6 Å². The SMILES string of the molecule is O=C(NCc1ccc(Cl)cc1)c1cn2c(CC(CO)CO)cc3cc(CN4CCOCC4)cc(c1=O)c32. The highest BCUT2D eigenvalue weighted by Crippen LogP contribution is 2.28. The lowest BCUT2D eigenvalue weighted by atomic mass is 10.0. The molecule has 0 saturated carbocycles. The van der Waals surface area contributed by atoms with Gasteiger partial charge in [-0.1, -0.05) is 23.7 Å². The number of hydrogen-bond acceptors (Lipinski definition) is 6. The predicted octanol–water partition coefficient (Wildman–Crippen LogP) is 2.45. The van der Waals surface area contributed by atoms with Gasteiger partial charge in [0.25, 0.3) is 5.91 Å². The van der Waals surface area contributed by atoms with Gasteiger partial charge in [0.2, 0.25) is 5.43 Å². The van der Waals surface area contributed by atoms with Gasteiger partial charge in [0.05, 0.1) is 18.7 Å². The smallest absolute Gasteiger partial charge is 0.257 e. The molecule has 1 aliphatic rings. The Labute approximate surface area is 219 Å². The second-order valence-corrected chi connectivity index (χ2v) is 10.0. The van der Waals surface area contributed by atoms with E-state index in [4.69, 9.17) is 16.3 Å². The molecular weight excluding hydrogens is 494 g/mol. The van der Waals surface area contributed by atoms with Crippen molar-refractivity contribution in [2.24, 2.45) is 5.92 Å². The molecule has 37 heavy (non-hydrogen) atoms.